The van der Waals surface area contributed by atoms with Gasteiger partial charge in [-0.3, -0.25) is 0 Å². The lowest BCUT2D eigenvalue weighted by atomic mass is 10.2. The quantitative estimate of drug-likeness (QED) is 0.0823. The largest absolute Gasteiger partial charge is 0.449 e. The van der Waals surface area contributed by atoms with Crippen LogP contribution in [0.4, 0.5) is 34.1 Å². The Kier molecular flexibility index (Phi) is 14.2. The minimum atomic E-state index is 0.177. The highest BCUT2D eigenvalue weighted by Crippen LogP contribution is 2.63. The van der Waals surface area contributed by atoms with Gasteiger partial charge in [-0.2, -0.15) is 0 Å². The number of rotatable bonds is 18. The van der Waals surface area contributed by atoms with Crippen molar-refractivity contribution in [3.8, 4) is 69.0 Å². The summed E-state index contributed by atoms with van der Waals surface area (Å²) in [5.41, 5.74) is 5.98. The van der Waals surface area contributed by atoms with Gasteiger partial charge >= 0.3 is 0 Å². The minimum Gasteiger partial charge on any atom is -0.449 e. The van der Waals surface area contributed by atoms with Crippen LogP contribution in [0.15, 0.2) is 146 Å². The van der Waals surface area contributed by atoms with Crippen molar-refractivity contribution in [2.75, 3.05) is 114 Å². The zero-order chi connectivity index (χ0) is 47.1. The third-order valence-electron chi connectivity index (χ3n) is 10.7. The van der Waals surface area contributed by atoms with Crippen LogP contribution in [0, 0.1) is 0 Å². The molecular weight excluding hydrogens is 829 g/mol. The summed E-state index contributed by atoms with van der Waals surface area (Å²) in [6.45, 7) is 0. The van der Waals surface area contributed by atoms with Crippen molar-refractivity contribution in [3.63, 3.8) is 0 Å². The van der Waals surface area contributed by atoms with Crippen molar-refractivity contribution in [2.24, 2.45) is 0 Å². The molecule has 0 unspecified atom stereocenters. The molecule has 0 saturated heterocycles. The molecular formula is C54H60N6O6. The van der Waals surface area contributed by atoms with Gasteiger partial charge in [-0.15, -0.1) is 0 Å². The van der Waals surface area contributed by atoms with Gasteiger partial charge in [0.1, 0.15) is 34.5 Å². The first-order valence-corrected chi connectivity index (χ1v) is 21.6. The number of ether oxygens (including phenoxy) is 6. The number of hydrogen-bond acceptors (Lipinski definition) is 12. The summed E-state index contributed by atoms with van der Waals surface area (Å²) in [6, 6.07) is 46.6. The van der Waals surface area contributed by atoms with E-state index >= 15 is 0 Å². The van der Waals surface area contributed by atoms with Crippen molar-refractivity contribution in [3.05, 3.63) is 146 Å². The van der Waals surface area contributed by atoms with Gasteiger partial charge in [0.25, 0.3) is 0 Å². The van der Waals surface area contributed by atoms with Crippen LogP contribution in [-0.2, 0) is 0 Å². The van der Waals surface area contributed by atoms with Crippen molar-refractivity contribution in [2.45, 2.75) is 0 Å². The molecule has 0 fully saturated rings. The van der Waals surface area contributed by atoms with Crippen LogP contribution < -0.4 is 57.8 Å². The first kappa shape index (κ1) is 46.1. The summed E-state index contributed by atoms with van der Waals surface area (Å²) in [7, 11) is 23.9. The fourth-order valence-electron chi connectivity index (χ4n) is 6.76. The molecule has 0 aliphatic heterocycles. The van der Waals surface area contributed by atoms with E-state index in [1.54, 1.807) is 0 Å². The molecule has 0 aromatic heterocycles. The van der Waals surface area contributed by atoms with Gasteiger partial charge in [-0.25, -0.2) is 0 Å². The molecule has 66 heavy (non-hydrogen) atoms. The Morgan fingerprint density at radius 2 is 0.288 bits per heavy atom. The van der Waals surface area contributed by atoms with Gasteiger partial charge in [-0.05, 0) is 146 Å². The third-order valence-corrected chi connectivity index (χ3v) is 10.7. The molecule has 342 valence electrons. The predicted octanol–water partition coefficient (Wildman–Crippen LogP) is 12.8. The van der Waals surface area contributed by atoms with Crippen LogP contribution >= 0.6 is 0 Å². The molecule has 0 heterocycles. The van der Waals surface area contributed by atoms with E-state index in [1.807, 2.05) is 260 Å². The molecule has 7 aromatic carbocycles. The zero-order valence-corrected chi connectivity index (χ0v) is 40.0. The molecule has 0 aliphatic carbocycles. The predicted molar refractivity (Wildman–Crippen MR) is 271 cm³/mol. The number of benzene rings is 7. The van der Waals surface area contributed by atoms with E-state index in [1.165, 1.54) is 0 Å². The zero-order valence-electron chi connectivity index (χ0n) is 40.0. The van der Waals surface area contributed by atoms with E-state index in [0.29, 0.717) is 34.5 Å². The second-order valence-electron chi connectivity index (χ2n) is 16.9. The van der Waals surface area contributed by atoms with Crippen molar-refractivity contribution < 1.29 is 28.4 Å². The summed E-state index contributed by atoms with van der Waals surface area (Å²) in [4.78, 5) is 12.2. The molecule has 7 aromatic rings. The monoisotopic (exact) mass is 888 g/mol. The molecule has 0 bridgehead atoms. The van der Waals surface area contributed by atoms with Crippen LogP contribution in [-0.4, -0.2) is 84.6 Å². The van der Waals surface area contributed by atoms with Crippen LogP contribution in [0.2, 0.25) is 0 Å². The molecule has 0 aliphatic rings. The lowest BCUT2D eigenvalue weighted by molar-refractivity contribution is 0.326. The molecule has 0 spiro atoms. The van der Waals surface area contributed by atoms with Gasteiger partial charge in [0.15, 0.2) is 0 Å². The van der Waals surface area contributed by atoms with Gasteiger partial charge in [0.05, 0.1) is 0 Å². The Labute approximate surface area is 389 Å². The van der Waals surface area contributed by atoms with Crippen LogP contribution in [0.5, 0.6) is 69.0 Å². The standard InChI is InChI=1S/C54H60N6O6/c1-55(2)37-13-25-43(26-14-37)61-49-50(62-44-27-15-38(16-28-44)56(3)4)52(64-46-31-19-40(20-32-46)58(7)8)54(66-48-35-23-42(24-36-48)60(11)12)53(65-47-33-21-41(22-34-47)59(9)10)51(49)63-45-29-17-39(18-30-45)57(5)6/h13-36H,1-12H3. The normalized spacial score (nSPS) is 10.7. The topological polar surface area (TPSA) is 74.8 Å². The third kappa shape index (κ3) is 11.1. The Hall–Kier alpha value is -7.86. The molecule has 0 saturated carbocycles. The molecule has 12 nitrogen and oxygen atoms in total. The first-order valence-electron chi connectivity index (χ1n) is 21.6. The average molecular weight is 889 g/mol. The summed E-state index contributed by atoms with van der Waals surface area (Å²) >= 11 is 0. The number of hydrogen-bond donors (Lipinski definition) is 0. The van der Waals surface area contributed by atoms with E-state index in [9.17, 15) is 0 Å². The molecule has 0 radical (unpaired) electrons. The maximum absolute atomic E-state index is 7.03. The smallest absolute Gasteiger partial charge is 0.220 e. The highest BCUT2D eigenvalue weighted by Gasteiger charge is 2.35. The summed E-state index contributed by atoms with van der Waals surface area (Å²) in [6.07, 6.45) is 0. The minimum absolute atomic E-state index is 0.177. The number of anilines is 6. The Morgan fingerprint density at radius 1 is 0.182 bits per heavy atom. The van der Waals surface area contributed by atoms with Crippen LogP contribution in [0.3, 0.4) is 0 Å². The maximum Gasteiger partial charge on any atom is 0.220 e. The fraction of sp³-hybridized carbons (Fsp3) is 0.222. The number of nitrogens with zero attached hydrogens (tertiary/aromatic N) is 6. The van der Waals surface area contributed by atoms with Crippen molar-refractivity contribution in [1.29, 1.82) is 0 Å². The highest BCUT2D eigenvalue weighted by atomic mass is 16.6. The van der Waals surface area contributed by atoms with Gasteiger partial charge in [-0.1, -0.05) is 0 Å². The second kappa shape index (κ2) is 20.3. The van der Waals surface area contributed by atoms with E-state index in [2.05, 4.69) is 0 Å². The van der Waals surface area contributed by atoms with E-state index in [4.69, 9.17) is 28.4 Å². The Bertz CT molecular complexity index is 2160. The van der Waals surface area contributed by atoms with E-state index < -0.39 is 0 Å². The van der Waals surface area contributed by atoms with Gasteiger partial charge in [0, 0.05) is 119 Å². The summed E-state index contributed by atoms with van der Waals surface area (Å²) < 4.78 is 42.2. The maximum atomic E-state index is 7.03. The highest BCUT2D eigenvalue weighted by molar-refractivity contribution is 5.77. The molecule has 0 amide bonds. The van der Waals surface area contributed by atoms with Gasteiger partial charge in [0.2, 0.25) is 34.5 Å². The van der Waals surface area contributed by atoms with Crippen molar-refractivity contribution >= 4 is 34.1 Å². The average Bonchev–Trinajstić information content (AvgIpc) is 3.30. The lowest BCUT2D eigenvalue weighted by Gasteiger charge is -2.26. The second-order valence-corrected chi connectivity index (χ2v) is 16.9. The Balaban J connectivity index is 1.57. The molecule has 0 atom stereocenters. The molecule has 7 rings (SSSR count). The first-order chi connectivity index (χ1) is 31.6. The van der Waals surface area contributed by atoms with Crippen LogP contribution in [0.1, 0.15) is 0 Å². The fourth-order valence-corrected chi connectivity index (χ4v) is 6.76. The van der Waals surface area contributed by atoms with Crippen LogP contribution in [0.25, 0.3) is 0 Å². The van der Waals surface area contributed by atoms with E-state index in [0.717, 1.165) is 34.1 Å². The lowest BCUT2D eigenvalue weighted by Crippen LogP contribution is -2.09. The summed E-state index contributed by atoms with van der Waals surface area (Å²) in [5, 5.41) is 0. The SMILES string of the molecule is CN(C)c1ccc(Oc2c(Oc3ccc(N(C)C)cc3)c(Oc3ccc(N(C)C)cc3)c(Oc3ccc(N(C)C)cc3)c(Oc3ccc(N(C)C)cc3)c2Oc2ccc(N(C)C)cc2)cc1. The van der Waals surface area contributed by atoms with Gasteiger partial charge < -0.3 is 57.8 Å². The summed E-state index contributed by atoms with van der Waals surface area (Å²) in [5.74, 6) is 4.13. The Morgan fingerprint density at radius 3 is 0.379 bits per heavy atom. The molecule has 12 heteroatoms. The van der Waals surface area contributed by atoms with Crippen molar-refractivity contribution in [1.82, 2.24) is 0 Å². The molecule has 0 N–H and O–H groups in total. The van der Waals surface area contributed by atoms with E-state index in [-0.39, 0.29) is 34.5 Å².